The van der Waals surface area contributed by atoms with Crippen molar-refractivity contribution in [2.75, 3.05) is 7.11 Å². The lowest BCUT2D eigenvalue weighted by Gasteiger charge is -2.10. The Morgan fingerprint density at radius 1 is 0.950 bits per heavy atom. The number of hydrogen-bond acceptors (Lipinski definition) is 4. The maximum atomic E-state index is 6.10. The quantitative estimate of drug-likeness (QED) is 0.642. The van der Waals surface area contributed by atoms with Crippen molar-refractivity contribution in [1.82, 2.24) is 0 Å². The van der Waals surface area contributed by atoms with E-state index in [9.17, 15) is 0 Å². The zero-order valence-electron chi connectivity index (χ0n) is 10.3. The van der Waals surface area contributed by atoms with Crippen molar-refractivity contribution in [3.63, 3.8) is 0 Å². The summed E-state index contributed by atoms with van der Waals surface area (Å²) in [5.74, 6) is 1.65. The second-order valence-corrected chi connectivity index (χ2v) is 4.66. The van der Waals surface area contributed by atoms with Gasteiger partial charge in [-0.15, -0.1) is 5.11 Å². The molecule has 0 amide bonds. The highest BCUT2D eigenvalue weighted by Gasteiger charge is 2.11. The highest BCUT2D eigenvalue weighted by molar-refractivity contribution is 6.37. The van der Waals surface area contributed by atoms with Gasteiger partial charge in [-0.25, -0.2) is 0 Å². The third kappa shape index (κ3) is 3.54. The molecule has 0 N–H and O–H groups in total. The number of ether oxygens (including phenoxy) is 2. The molecule has 7 heteroatoms. The van der Waals surface area contributed by atoms with Gasteiger partial charge in [-0.05, 0) is 36.4 Å². The van der Waals surface area contributed by atoms with Gasteiger partial charge in [0.05, 0.1) is 34.6 Å². The van der Waals surface area contributed by atoms with E-state index in [1.807, 2.05) is 0 Å². The summed E-state index contributed by atoms with van der Waals surface area (Å²) in [4.78, 5) is 0. The second kappa shape index (κ2) is 6.79. The van der Waals surface area contributed by atoms with Crippen LogP contribution in [0.1, 0.15) is 0 Å². The van der Waals surface area contributed by atoms with E-state index in [2.05, 4.69) is 9.75 Å². The van der Waals surface area contributed by atoms with Gasteiger partial charge in [-0.2, -0.15) is 0 Å². The van der Waals surface area contributed by atoms with Gasteiger partial charge in [0.15, 0.2) is 5.75 Å². The topological polar surface area (TPSA) is 43.2 Å². The Hall–Kier alpha value is -1.49. The Balaban J connectivity index is 2.28. The van der Waals surface area contributed by atoms with Crippen molar-refractivity contribution < 1.29 is 9.47 Å². The predicted octanol–water partition coefficient (Wildman–Crippen LogP) is 6.03. The fourth-order valence-electron chi connectivity index (χ4n) is 1.51. The van der Waals surface area contributed by atoms with Gasteiger partial charge >= 0.3 is 0 Å². The Morgan fingerprint density at radius 2 is 1.50 bits per heavy atom. The minimum atomic E-state index is 0.312. The zero-order chi connectivity index (χ0) is 14.5. The van der Waals surface area contributed by atoms with Crippen LogP contribution in [0.3, 0.4) is 0 Å². The smallest absolute Gasteiger partial charge is 0.164 e. The molecule has 0 saturated carbocycles. The molecule has 0 radical (unpaired) electrons. The average Bonchev–Trinajstić information content (AvgIpc) is 2.44. The van der Waals surface area contributed by atoms with Crippen LogP contribution in [0.25, 0.3) is 0 Å². The van der Waals surface area contributed by atoms with Crippen LogP contribution in [0.5, 0.6) is 17.2 Å². The summed E-state index contributed by atoms with van der Waals surface area (Å²) in [6, 6.07) is 10.1. The lowest BCUT2D eigenvalue weighted by Crippen LogP contribution is -1.88. The fourth-order valence-corrected chi connectivity index (χ4v) is 2.15. The highest BCUT2D eigenvalue weighted by Crippen LogP contribution is 2.39. The summed E-state index contributed by atoms with van der Waals surface area (Å²) in [5.41, 5.74) is 0.442. The van der Waals surface area contributed by atoms with Crippen molar-refractivity contribution in [2.45, 2.75) is 0 Å². The molecule has 0 atom stereocenters. The van der Waals surface area contributed by atoms with Crippen LogP contribution in [0.4, 0.5) is 5.69 Å². The number of rotatable bonds is 4. The molecule has 0 heterocycles. The largest absolute Gasteiger partial charge is 0.497 e. The lowest BCUT2D eigenvalue weighted by molar-refractivity contribution is 0.413. The lowest BCUT2D eigenvalue weighted by atomic mass is 10.3. The molecule has 0 unspecified atom stereocenters. The van der Waals surface area contributed by atoms with Crippen molar-refractivity contribution in [1.29, 1.82) is 0 Å². The molecule has 20 heavy (non-hydrogen) atoms. The van der Waals surface area contributed by atoms with Crippen LogP contribution >= 0.6 is 35.0 Å². The Kier molecular flexibility index (Phi) is 5.06. The van der Waals surface area contributed by atoms with E-state index in [4.69, 9.17) is 44.5 Å². The molecule has 0 aliphatic carbocycles. The first-order chi connectivity index (χ1) is 9.63. The van der Waals surface area contributed by atoms with E-state index < -0.39 is 0 Å². The number of hydrogen-bond donors (Lipinski definition) is 0. The van der Waals surface area contributed by atoms with Gasteiger partial charge in [0.1, 0.15) is 11.5 Å². The van der Waals surface area contributed by atoms with Crippen LogP contribution in [0.2, 0.25) is 10.0 Å². The van der Waals surface area contributed by atoms with Crippen LogP contribution in [-0.4, -0.2) is 7.11 Å². The molecule has 2 aromatic carbocycles. The maximum absolute atomic E-state index is 6.10. The van der Waals surface area contributed by atoms with Gasteiger partial charge in [-0.1, -0.05) is 27.8 Å². The summed E-state index contributed by atoms with van der Waals surface area (Å²) in [6.45, 7) is 0. The summed E-state index contributed by atoms with van der Waals surface area (Å²) in [6.07, 6.45) is 0. The van der Waals surface area contributed by atoms with Crippen LogP contribution < -0.4 is 9.47 Å². The molecular weight excluding hydrogens is 323 g/mol. The van der Waals surface area contributed by atoms with E-state index in [0.717, 1.165) is 5.75 Å². The first kappa shape index (κ1) is 14.9. The first-order valence-corrected chi connectivity index (χ1v) is 6.56. The Labute approximate surface area is 131 Å². The minimum absolute atomic E-state index is 0.312. The van der Waals surface area contributed by atoms with Gasteiger partial charge < -0.3 is 9.47 Å². The zero-order valence-corrected chi connectivity index (χ0v) is 12.6. The molecule has 0 bridgehead atoms. The van der Waals surface area contributed by atoms with Crippen molar-refractivity contribution >= 4 is 40.7 Å². The van der Waals surface area contributed by atoms with E-state index in [1.54, 1.807) is 43.5 Å². The van der Waals surface area contributed by atoms with Crippen LogP contribution in [0, 0.1) is 0 Å². The first-order valence-electron chi connectivity index (χ1n) is 5.47. The van der Waals surface area contributed by atoms with Crippen molar-refractivity contribution in [2.24, 2.45) is 9.75 Å². The third-order valence-corrected chi connectivity index (χ3v) is 3.05. The van der Waals surface area contributed by atoms with Gasteiger partial charge in [-0.3, -0.25) is 0 Å². The molecule has 0 saturated heterocycles. The van der Waals surface area contributed by atoms with E-state index in [1.165, 1.54) is 0 Å². The molecule has 0 aromatic heterocycles. The molecule has 0 fully saturated rings. The van der Waals surface area contributed by atoms with E-state index in [0.29, 0.717) is 27.2 Å². The molecule has 4 nitrogen and oxygen atoms in total. The molecule has 0 spiro atoms. The molecule has 2 aromatic rings. The summed E-state index contributed by atoms with van der Waals surface area (Å²) < 4.78 is 13.9. The van der Waals surface area contributed by atoms with E-state index >= 15 is 0 Å². The minimum Gasteiger partial charge on any atom is -0.497 e. The van der Waals surface area contributed by atoms with Crippen molar-refractivity contribution in [3.05, 3.63) is 46.4 Å². The van der Waals surface area contributed by atoms with Gasteiger partial charge in [0.25, 0.3) is 0 Å². The molecular formula is C13H9Cl3N2O2. The average molecular weight is 332 g/mol. The SMILES string of the molecule is COc1ccc(Oc2c(Cl)cc(/N=N/Cl)cc2Cl)cc1. The Morgan fingerprint density at radius 3 is 2.00 bits per heavy atom. The van der Waals surface area contributed by atoms with Gasteiger partial charge in [0.2, 0.25) is 0 Å². The van der Waals surface area contributed by atoms with Crippen LogP contribution in [-0.2, 0) is 0 Å². The summed E-state index contributed by atoms with van der Waals surface area (Å²) >= 11 is 17.4. The molecule has 0 aliphatic rings. The second-order valence-electron chi connectivity index (χ2n) is 3.69. The van der Waals surface area contributed by atoms with E-state index in [-0.39, 0.29) is 0 Å². The number of methoxy groups -OCH3 is 1. The maximum Gasteiger partial charge on any atom is 0.164 e. The normalized spacial score (nSPS) is 10.8. The summed E-state index contributed by atoms with van der Waals surface area (Å²) in [5, 5.41) is 4.27. The summed E-state index contributed by atoms with van der Waals surface area (Å²) in [7, 11) is 1.59. The number of nitrogens with zero attached hydrogens (tertiary/aromatic N) is 2. The fraction of sp³-hybridized carbons (Fsp3) is 0.0769. The van der Waals surface area contributed by atoms with Gasteiger partial charge in [0, 0.05) is 0 Å². The highest BCUT2D eigenvalue weighted by atomic mass is 35.5. The number of halogens is 3. The predicted molar refractivity (Wildman–Crippen MR) is 79.9 cm³/mol. The molecule has 2 rings (SSSR count). The van der Waals surface area contributed by atoms with Crippen molar-refractivity contribution in [3.8, 4) is 17.2 Å². The van der Waals surface area contributed by atoms with Crippen LogP contribution in [0.15, 0.2) is 46.1 Å². The Bertz CT molecular complexity index is 607. The molecule has 0 aliphatic heterocycles. The number of benzene rings is 2. The molecule has 104 valence electrons. The third-order valence-electron chi connectivity index (χ3n) is 2.42. The standard InChI is InChI=1S/C13H9Cl3N2O2/c1-19-9-2-4-10(5-3-9)20-13-11(14)6-8(17-18-16)7-12(13)15/h2-7H,1H3/b18-17+. The monoisotopic (exact) mass is 330 g/mol.